The van der Waals surface area contributed by atoms with Gasteiger partial charge in [0, 0.05) is 19.3 Å². The van der Waals surface area contributed by atoms with Gasteiger partial charge < -0.3 is 15.3 Å². The summed E-state index contributed by atoms with van der Waals surface area (Å²) in [6.07, 6.45) is 3.89. The molecule has 5 nitrogen and oxygen atoms in total. The van der Waals surface area contributed by atoms with Crippen molar-refractivity contribution in [2.24, 2.45) is 5.92 Å². The Morgan fingerprint density at radius 2 is 2.48 bits per heavy atom. The summed E-state index contributed by atoms with van der Waals surface area (Å²) in [5.41, 5.74) is 0.868. The van der Waals surface area contributed by atoms with E-state index in [4.69, 9.17) is 5.11 Å². The first-order valence-corrected chi connectivity index (χ1v) is 7.22. The lowest BCUT2D eigenvalue weighted by atomic mass is 9.98. The molecule has 0 saturated carbocycles. The van der Waals surface area contributed by atoms with Crippen LogP contribution in [0.3, 0.4) is 0 Å². The molecule has 21 heavy (non-hydrogen) atoms. The third kappa shape index (κ3) is 4.55. The minimum absolute atomic E-state index is 0.203. The number of hydrogen-bond acceptors (Lipinski definition) is 4. The predicted molar refractivity (Wildman–Crippen MR) is 80.8 cm³/mol. The third-order valence-electron chi connectivity index (χ3n) is 3.60. The predicted octanol–water partition coefficient (Wildman–Crippen LogP) is 0.497. The van der Waals surface area contributed by atoms with Crippen molar-refractivity contribution in [2.75, 3.05) is 33.3 Å². The monoisotopic (exact) mass is 287 g/mol. The number of aromatic nitrogens is 1. The van der Waals surface area contributed by atoms with Crippen molar-refractivity contribution < 1.29 is 9.90 Å². The number of carbonyl (C=O) groups excluding carboxylic acids is 1. The Hall–Kier alpha value is -1.90. The number of likely N-dealkylation sites (tertiary alicyclic amines) is 1. The Morgan fingerprint density at radius 1 is 1.62 bits per heavy atom. The van der Waals surface area contributed by atoms with Gasteiger partial charge in [-0.2, -0.15) is 0 Å². The highest BCUT2D eigenvalue weighted by molar-refractivity contribution is 5.94. The van der Waals surface area contributed by atoms with Crippen LogP contribution in [0.2, 0.25) is 0 Å². The second kappa shape index (κ2) is 7.77. The summed E-state index contributed by atoms with van der Waals surface area (Å²) in [4.78, 5) is 18.6. The summed E-state index contributed by atoms with van der Waals surface area (Å²) >= 11 is 0. The second-order valence-electron chi connectivity index (χ2n) is 5.34. The topological polar surface area (TPSA) is 65.5 Å². The van der Waals surface area contributed by atoms with Gasteiger partial charge in [-0.05, 0) is 44.5 Å². The Bertz CT molecular complexity index is 548. The van der Waals surface area contributed by atoms with Crippen molar-refractivity contribution in [1.82, 2.24) is 15.2 Å². The van der Waals surface area contributed by atoms with Gasteiger partial charge in [0.05, 0.1) is 5.56 Å². The average Bonchev–Trinajstić information content (AvgIpc) is 2.51. The zero-order chi connectivity index (χ0) is 15.1. The molecule has 1 aliphatic heterocycles. The van der Waals surface area contributed by atoms with E-state index in [1.807, 2.05) is 0 Å². The van der Waals surface area contributed by atoms with Gasteiger partial charge in [0.25, 0.3) is 5.91 Å². The molecule has 2 heterocycles. The molecule has 1 unspecified atom stereocenters. The van der Waals surface area contributed by atoms with Gasteiger partial charge >= 0.3 is 0 Å². The Labute approximate surface area is 125 Å². The summed E-state index contributed by atoms with van der Waals surface area (Å²) in [6, 6.07) is 3.47. The Kier molecular flexibility index (Phi) is 5.73. The molecular weight excluding hydrogens is 266 g/mol. The van der Waals surface area contributed by atoms with Gasteiger partial charge in [-0.25, -0.2) is 4.98 Å². The number of hydrogen-bond donors (Lipinski definition) is 2. The number of rotatable bonds is 3. The maximum absolute atomic E-state index is 12.2. The van der Waals surface area contributed by atoms with E-state index in [2.05, 4.69) is 34.1 Å². The molecule has 0 aliphatic carbocycles. The number of aliphatic hydroxyl groups excluding tert-OH is 1. The molecule has 1 aromatic rings. The van der Waals surface area contributed by atoms with Crippen LogP contribution >= 0.6 is 0 Å². The van der Waals surface area contributed by atoms with Gasteiger partial charge in [0.2, 0.25) is 0 Å². The maximum atomic E-state index is 12.2. The molecule has 5 heteroatoms. The molecule has 1 aliphatic rings. The first-order valence-electron chi connectivity index (χ1n) is 7.22. The van der Waals surface area contributed by atoms with Crippen LogP contribution in [0.4, 0.5) is 0 Å². The summed E-state index contributed by atoms with van der Waals surface area (Å²) in [7, 11) is 2.11. The number of nitrogens with zero attached hydrogens (tertiary/aromatic N) is 2. The lowest BCUT2D eigenvalue weighted by molar-refractivity contribution is 0.0931. The first-order chi connectivity index (χ1) is 10.2. The Balaban J connectivity index is 1.97. The lowest BCUT2D eigenvalue weighted by Gasteiger charge is -2.29. The zero-order valence-corrected chi connectivity index (χ0v) is 12.3. The maximum Gasteiger partial charge on any atom is 0.271 e. The molecule has 0 aromatic carbocycles. The van der Waals surface area contributed by atoms with Crippen LogP contribution in [-0.4, -0.2) is 54.2 Å². The standard InChI is InChI=1S/C16H21N3O2/c1-19-9-3-5-13(12-19)11-18-16(21)15-14(7-4-10-20)6-2-8-17-15/h2,6,8,13,20H,3,5,9-12H2,1H3,(H,18,21). The summed E-state index contributed by atoms with van der Waals surface area (Å²) in [6.45, 7) is 2.57. The van der Waals surface area contributed by atoms with Crippen molar-refractivity contribution in [3.63, 3.8) is 0 Å². The highest BCUT2D eigenvalue weighted by Gasteiger charge is 2.19. The van der Waals surface area contributed by atoms with Crippen LogP contribution in [0, 0.1) is 17.8 Å². The van der Waals surface area contributed by atoms with Crippen molar-refractivity contribution in [3.8, 4) is 11.8 Å². The fourth-order valence-electron chi connectivity index (χ4n) is 2.58. The van der Waals surface area contributed by atoms with E-state index < -0.39 is 0 Å². The highest BCUT2D eigenvalue weighted by Crippen LogP contribution is 2.14. The van der Waals surface area contributed by atoms with E-state index >= 15 is 0 Å². The minimum atomic E-state index is -0.232. The van der Waals surface area contributed by atoms with E-state index in [9.17, 15) is 4.79 Å². The summed E-state index contributed by atoms with van der Waals surface area (Å²) < 4.78 is 0. The number of amides is 1. The minimum Gasteiger partial charge on any atom is -0.384 e. The largest absolute Gasteiger partial charge is 0.384 e. The molecule has 0 bridgehead atoms. The quantitative estimate of drug-likeness (QED) is 0.795. The lowest BCUT2D eigenvalue weighted by Crippen LogP contribution is -2.39. The molecule has 1 saturated heterocycles. The molecule has 1 fully saturated rings. The normalized spacial score (nSPS) is 18.7. The van der Waals surface area contributed by atoms with Crippen LogP contribution in [-0.2, 0) is 0 Å². The molecule has 0 spiro atoms. The first kappa shape index (κ1) is 15.5. The molecule has 2 N–H and O–H groups in total. The molecule has 1 amide bonds. The van der Waals surface area contributed by atoms with Crippen molar-refractivity contribution in [2.45, 2.75) is 12.8 Å². The van der Waals surface area contributed by atoms with Gasteiger partial charge in [-0.1, -0.05) is 11.8 Å². The smallest absolute Gasteiger partial charge is 0.271 e. The Morgan fingerprint density at radius 3 is 3.24 bits per heavy atom. The highest BCUT2D eigenvalue weighted by atomic mass is 16.2. The van der Waals surface area contributed by atoms with Gasteiger partial charge in [0.15, 0.2) is 0 Å². The molecular formula is C16H21N3O2. The van der Waals surface area contributed by atoms with E-state index in [1.54, 1.807) is 18.3 Å². The number of aliphatic hydroxyl groups is 1. The van der Waals surface area contributed by atoms with E-state index in [0.717, 1.165) is 19.5 Å². The summed E-state index contributed by atoms with van der Waals surface area (Å²) in [5.74, 6) is 5.59. The van der Waals surface area contributed by atoms with Crippen molar-refractivity contribution >= 4 is 5.91 Å². The second-order valence-corrected chi connectivity index (χ2v) is 5.34. The number of carbonyl (C=O) groups is 1. The van der Waals surface area contributed by atoms with Crippen LogP contribution in [0.5, 0.6) is 0 Å². The van der Waals surface area contributed by atoms with Gasteiger partial charge in [-0.3, -0.25) is 4.79 Å². The summed E-state index contributed by atoms with van der Waals surface area (Å²) in [5, 5.41) is 11.7. The van der Waals surface area contributed by atoms with Crippen LogP contribution < -0.4 is 5.32 Å². The fourth-order valence-corrected chi connectivity index (χ4v) is 2.58. The van der Waals surface area contributed by atoms with E-state index in [1.165, 1.54) is 6.42 Å². The van der Waals surface area contributed by atoms with Crippen LogP contribution in [0.15, 0.2) is 18.3 Å². The van der Waals surface area contributed by atoms with Gasteiger partial charge in [-0.15, -0.1) is 0 Å². The SMILES string of the molecule is CN1CCCC(CNC(=O)c2ncccc2C#CCO)C1. The van der Waals surface area contributed by atoms with E-state index in [-0.39, 0.29) is 12.5 Å². The molecule has 2 rings (SSSR count). The molecule has 112 valence electrons. The molecule has 1 atom stereocenters. The van der Waals surface area contributed by atoms with Crippen molar-refractivity contribution in [1.29, 1.82) is 0 Å². The van der Waals surface area contributed by atoms with E-state index in [0.29, 0.717) is 23.7 Å². The molecule has 0 radical (unpaired) electrons. The average molecular weight is 287 g/mol. The number of piperidine rings is 1. The van der Waals surface area contributed by atoms with Crippen molar-refractivity contribution in [3.05, 3.63) is 29.6 Å². The zero-order valence-electron chi connectivity index (χ0n) is 12.3. The fraction of sp³-hybridized carbons (Fsp3) is 0.500. The molecule has 1 aromatic heterocycles. The third-order valence-corrected chi connectivity index (χ3v) is 3.60. The van der Waals surface area contributed by atoms with Crippen LogP contribution in [0.25, 0.3) is 0 Å². The van der Waals surface area contributed by atoms with Gasteiger partial charge in [0.1, 0.15) is 12.3 Å². The van der Waals surface area contributed by atoms with Crippen LogP contribution in [0.1, 0.15) is 28.9 Å². The number of pyridine rings is 1. The number of nitrogens with one attached hydrogen (secondary N) is 1.